The third-order valence-corrected chi connectivity index (χ3v) is 6.31. The predicted octanol–water partition coefficient (Wildman–Crippen LogP) is 4.35. The molecule has 174 valence electrons. The number of benzene rings is 3. The van der Waals surface area contributed by atoms with Crippen molar-refractivity contribution >= 4 is 38.9 Å². The minimum absolute atomic E-state index is 0.0120. The van der Waals surface area contributed by atoms with Gasteiger partial charge in [0.25, 0.3) is 10.0 Å². The van der Waals surface area contributed by atoms with Gasteiger partial charge in [0.15, 0.2) is 0 Å². The summed E-state index contributed by atoms with van der Waals surface area (Å²) >= 11 is 6.02. The van der Waals surface area contributed by atoms with Crippen molar-refractivity contribution in [2.24, 2.45) is 0 Å². The first kappa shape index (κ1) is 24.2. The zero-order valence-corrected chi connectivity index (χ0v) is 19.8. The van der Waals surface area contributed by atoms with E-state index in [9.17, 15) is 13.2 Å². The molecule has 2 N–H and O–H groups in total. The minimum Gasteiger partial charge on any atom is -0.497 e. The van der Waals surface area contributed by atoms with Gasteiger partial charge in [-0.05, 0) is 60.7 Å². The lowest BCUT2D eigenvalue weighted by atomic mass is 10.1. The summed E-state index contributed by atoms with van der Waals surface area (Å²) in [5.41, 5.74) is 1.24. The van der Waals surface area contributed by atoms with E-state index in [1.165, 1.54) is 33.5 Å². The molecule has 0 spiro atoms. The third-order valence-electron chi connectivity index (χ3n) is 4.67. The van der Waals surface area contributed by atoms with Gasteiger partial charge < -0.3 is 19.5 Å². The fourth-order valence-corrected chi connectivity index (χ4v) is 4.55. The van der Waals surface area contributed by atoms with Crippen LogP contribution >= 0.6 is 11.6 Å². The predicted molar refractivity (Wildman–Crippen MR) is 127 cm³/mol. The SMILES string of the molecule is COc1ccc(NS(=O)(=O)c2cc(NC(=O)Cc3cc(Cl)ccc3OC)ccc2OC)cc1. The molecule has 0 heterocycles. The van der Waals surface area contributed by atoms with E-state index in [0.717, 1.165) is 0 Å². The highest BCUT2D eigenvalue weighted by molar-refractivity contribution is 7.92. The lowest BCUT2D eigenvalue weighted by Gasteiger charge is -2.14. The molecule has 3 rings (SSSR count). The molecule has 0 unspecified atom stereocenters. The molecule has 3 aromatic rings. The number of rotatable bonds is 9. The van der Waals surface area contributed by atoms with Gasteiger partial charge in [-0.15, -0.1) is 0 Å². The largest absolute Gasteiger partial charge is 0.497 e. The van der Waals surface area contributed by atoms with E-state index in [-0.39, 0.29) is 28.7 Å². The molecule has 0 bridgehead atoms. The average molecular weight is 491 g/mol. The first-order valence-corrected chi connectivity index (χ1v) is 11.6. The number of sulfonamides is 1. The van der Waals surface area contributed by atoms with Gasteiger partial charge in [0.2, 0.25) is 5.91 Å². The van der Waals surface area contributed by atoms with Crippen molar-refractivity contribution in [3.05, 3.63) is 71.2 Å². The summed E-state index contributed by atoms with van der Waals surface area (Å²) in [4.78, 5) is 12.5. The van der Waals surface area contributed by atoms with Crippen LogP contribution in [0.1, 0.15) is 5.56 Å². The van der Waals surface area contributed by atoms with Gasteiger partial charge in [0.1, 0.15) is 22.1 Å². The van der Waals surface area contributed by atoms with Crippen LogP contribution in [-0.4, -0.2) is 35.7 Å². The molecule has 0 aliphatic carbocycles. The van der Waals surface area contributed by atoms with Crippen molar-refractivity contribution < 1.29 is 27.4 Å². The van der Waals surface area contributed by atoms with Crippen molar-refractivity contribution in [2.75, 3.05) is 31.4 Å². The third kappa shape index (κ3) is 6.09. The number of halogens is 1. The second-order valence-corrected chi connectivity index (χ2v) is 8.97. The topological polar surface area (TPSA) is 103 Å². The van der Waals surface area contributed by atoms with Gasteiger partial charge >= 0.3 is 0 Å². The Balaban J connectivity index is 1.82. The first-order valence-electron chi connectivity index (χ1n) is 9.73. The highest BCUT2D eigenvalue weighted by Gasteiger charge is 2.21. The summed E-state index contributed by atoms with van der Waals surface area (Å²) < 4.78 is 44.1. The molecule has 3 aromatic carbocycles. The quantitative estimate of drug-likeness (QED) is 0.462. The van der Waals surface area contributed by atoms with Crippen LogP contribution in [0.3, 0.4) is 0 Å². The second kappa shape index (κ2) is 10.5. The highest BCUT2D eigenvalue weighted by atomic mass is 35.5. The number of methoxy groups -OCH3 is 3. The van der Waals surface area contributed by atoms with E-state index in [1.54, 1.807) is 48.5 Å². The monoisotopic (exact) mass is 490 g/mol. The lowest BCUT2D eigenvalue weighted by molar-refractivity contribution is -0.115. The summed E-state index contributed by atoms with van der Waals surface area (Å²) in [5, 5.41) is 3.18. The van der Waals surface area contributed by atoms with E-state index < -0.39 is 10.0 Å². The Morgan fingerprint density at radius 2 is 1.48 bits per heavy atom. The normalized spacial score (nSPS) is 10.9. The van der Waals surface area contributed by atoms with Crippen LogP contribution in [0.5, 0.6) is 17.2 Å². The number of nitrogens with one attached hydrogen (secondary N) is 2. The van der Waals surface area contributed by atoms with Crippen molar-refractivity contribution in [1.29, 1.82) is 0 Å². The summed E-state index contributed by atoms with van der Waals surface area (Å²) in [5.74, 6) is 0.880. The van der Waals surface area contributed by atoms with Crippen LogP contribution in [0, 0.1) is 0 Å². The molecular formula is C23H23ClN2O6S. The molecule has 0 atom stereocenters. The summed E-state index contributed by atoms with van der Waals surface area (Å²) in [6.07, 6.45) is -0.0120. The van der Waals surface area contributed by atoms with Gasteiger partial charge in [-0.2, -0.15) is 0 Å². The maximum Gasteiger partial charge on any atom is 0.265 e. The first-order chi connectivity index (χ1) is 15.7. The van der Waals surface area contributed by atoms with E-state index >= 15 is 0 Å². The van der Waals surface area contributed by atoms with Gasteiger partial charge in [-0.25, -0.2) is 8.42 Å². The zero-order valence-electron chi connectivity index (χ0n) is 18.2. The van der Waals surface area contributed by atoms with Crippen LogP contribution in [-0.2, 0) is 21.2 Å². The number of carbonyl (C=O) groups is 1. The second-order valence-electron chi connectivity index (χ2n) is 6.88. The molecule has 0 aliphatic rings. The maximum atomic E-state index is 13.0. The molecule has 0 radical (unpaired) electrons. The fraction of sp³-hybridized carbons (Fsp3) is 0.174. The van der Waals surface area contributed by atoms with Crippen LogP contribution in [0.2, 0.25) is 5.02 Å². The minimum atomic E-state index is -4.01. The molecule has 1 amide bonds. The number of hydrogen-bond donors (Lipinski definition) is 2. The van der Waals surface area contributed by atoms with Gasteiger partial charge in [0, 0.05) is 22.0 Å². The van der Waals surface area contributed by atoms with E-state index in [1.807, 2.05) is 0 Å². The molecule has 0 fully saturated rings. The zero-order chi connectivity index (χ0) is 24.0. The molecule has 33 heavy (non-hydrogen) atoms. The standard InChI is InChI=1S/C23H23ClN2O6S/c1-30-19-8-5-17(6-9-19)26-33(28,29)22-14-18(7-11-21(22)32-3)25-23(27)13-15-12-16(24)4-10-20(15)31-2/h4-12,14,26H,13H2,1-3H3,(H,25,27). The van der Waals surface area contributed by atoms with Crippen molar-refractivity contribution in [3.63, 3.8) is 0 Å². The van der Waals surface area contributed by atoms with E-state index in [4.69, 9.17) is 25.8 Å². The average Bonchev–Trinajstić information content (AvgIpc) is 2.79. The number of amides is 1. The Morgan fingerprint density at radius 3 is 2.12 bits per heavy atom. The van der Waals surface area contributed by atoms with Crippen molar-refractivity contribution in [3.8, 4) is 17.2 Å². The smallest absolute Gasteiger partial charge is 0.265 e. The summed E-state index contributed by atoms with van der Waals surface area (Å²) in [6.45, 7) is 0. The molecule has 0 saturated heterocycles. The Kier molecular flexibility index (Phi) is 7.67. The Labute approximate surface area is 197 Å². The highest BCUT2D eigenvalue weighted by Crippen LogP contribution is 2.30. The van der Waals surface area contributed by atoms with Crippen LogP contribution in [0.4, 0.5) is 11.4 Å². The van der Waals surface area contributed by atoms with Gasteiger partial charge in [-0.3, -0.25) is 9.52 Å². The lowest BCUT2D eigenvalue weighted by Crippen LogP contribution is -2.17. The van der Waals surface area contributed by atoms with Gasteiger partial charge in [0.05, 0.1) is 27.8 Å². The van der Waals surface area contributed by atoms with Crippen LogP contribution < -0.4 is 24.2 Å². The summed E-state index contributed by atoms with van der Waals surface area (Å²) in [7, 11) is 0.374. The number of carbonyl (C=O) groups excluding carboxylic acids is 1. The molecule has 10 heteroatoms. The number of hydrogen-bond acceptors (Lipinski definition) is 6. The van der Waals surface area contributed by atoms with Crippen molar-refractivity contribution in [1.82, 2.24) is 0 Å². The Morgan fingerprint density at radius 1 is 0.848 bits per heavy atom. The van der Waals surface area contributed by atoms with E-state index in [0.29, 0.717) is 27.8 Å². The van der Waals surface area contributed by atoms with Crippen LogP contribution in [0.25, 0.3) is 0 Å². The van der Waals surface area contributed by atoms with E-state index in [2.05, 4.69) is 10.0 Å². The van der Waals surface area contributed by atoms with Gasteiger partial charge in [-0.1, -0.05) is 11.6 Å². The molecule has 0 aliphatic heterocycles. The summed E-state index contributed by atoms with van der Waals surface area (Å²) in [6, 6.07) is 15.8. The maximum absolute atomic E-state index is 13.0. The molecule has 0 aromatic heterocycles. The Bertz CT molecular complexity index is 1250. The van der Waals surface area contributed by atoms with Crippen LogP contribution in [0.15, 0.2) is 65.6 Å². The molecular weight excluding hydrogens is 468 g/mol. The molecule has 0 saturated carbocycles. The fourth-order valence-electron chi connectivity index (χ4n) is 3.10. The number of anilines is 2. The molecule has 8 nitrogen and oxygen atoms in total. The Hall–Kier alpha value is -3.43. The number of ether oxygens (including phenoxy) is 3. The van der Waals surface area contributed by atoms with Crippen molar-refractivity contribution in [2.45, 2.75) is 11.3 Å².